The van der Waals surface area contributed by atoms with Gasteiger partial charge in [-0.1, -0.05) is 46.5 Å². The first-order valence-corrected chi connectivity index (χ1v) is 6.89. The molecule has 0 amide bonds. The monoisotopic (exact) mass is 211 g/mol. The molecule has 1 aliphatic carbocycles. The van der Waals surface area contributed by atoms with E-state index in [1.54, 1.807) is 0 Å². The lowest BCUT2D eigenvalue weighted by Gasteiger charge is -2.16. The summed E-state index contributed by atoms with van der Waals surface area (Å²) < 4.78 is 0. The minimum atomic E-state index is 0.787. The summed E-state index contributed by atoms with van der Waals surface area (Å²) in [6, 6.07) is 0. The van der Waals surface area contributed by atoms with Gasteiger partial charge in [-0.25, -0.2) is 0 Å². The summed E-state index contributed by atoms with van der Waals surface area (Å²) >= 11 is 0. The second-order valence-corrected chi connectivity index (χ2v) is 5.88. The number of rotatable bonds is 7. The highest BCUT2D eigenvalue weighted by Crippen LogP contribution is 2.30. The Bertz CT molecular complexity index is 147. The summed E-state index contributed by atoms with van der Waals surface area (Å²) in [7, 11) is 0. The highest BCUT2D eigenvalue weighted by atomic mass is 14.8. The standard InChI is InChI=1S/C14H29N/c1-12(2)11-15-9-8-13(3)10-14-6-4-5-7-14/h12-15H,4-11H2,1-3H3. The van der Waals surface area contributed by atoms with E-state index in [-0.39, 0.29) is 0 Å². The molecular weight excluding hydrogens is 182 g/mol. The number of hydrogen-bond donors (Lipinski definition) is 1. The van der Waals surface area contributed by atoms with Crippen LogP contribution in [-0.2, 0) is 0 Å². The lowest BCUT2D eigenvalue weighted by atomic mass is 9.92. The molecule has 1 saturated carbocycles. The van der Waals surface area contributed by atoms with Gasteiger partial charge in [0.25, 0.3) is 0 Å². The van der Waals surface area contributed by atoms with Gasteiger partial charge in [0.05, 0.1) is 0 Å². The fourth-order valence-corrected chi connectivity index (χ4v) is 2.67. The van der Waals surface area contributed by atoms with Gasteiger partial charge in [-0.2, -0.15) is 0 Å². The van der Waals surface area contributed by atoms with Crippen LogP contribution in [-0.4, -0.2) is 13.1 Å². The molecule has 15 heavy (non-hydrogen) atoms. The van der Waals surface area contributed by atoms with Gasteiger partial charge in [0.15, 0.2) is 0 Å². The van der Waals surface area contributed by atoms with Gasteiger partial charge in [-0.15, -0.1) is 0 Å². The maximum absolute atomic E-state index is 3.54. The van der Waals surface area contributed by atoms with Crippen molar-refractivity contribution in [3.05, 3.63) is 0 Å². The summed E-state index contributed by atoms with van der Waals surface area (Å²) in [5.74, 6) is 2.77. The van der Waals surface area contributed by atoms with Crippen molar-refractivity contribution in [3.63, 3.8) is 0 Å². The quantitative estimate of drug-likeness (QED) is 0.631. The van der Waals surface area contributed by atoms with E-state index >= 15 is 0 Å². The predicted molar refractivity (Wildman–Crippen MR) is 68.1 cm³/mol. The largest absolute Gasteiger partial charge is 0.316 e. The summed E-state index contributed by atoms with van der Waals surface area (Å²) in [6.07, 6.45) is 8.83. The van der Waals surface area contributed by atoms with Crippen molar-refractivity contribution < 1.29 is 0 Å². The zero-order valence-corrected chi connectivity index (χ0v) is 10.9. The van der Waals surface area contributed by atoms with Crippen molar-refractivity contribution in [2.45, 2.75) is 59.3 Å². The number of hydrogen-bond acceptors (Lipinski definition) is 1. The maximum Gasteiger partial charge on any atom is -0.00258 e. The Labute approximate surface area is 96.0 Å². The van der Waals surface area contributed by atoms with Crippen LogP contribution in [0, 0.1) is 17.8 Å². The molecule has 0 aromatic heterocycles. The average molecular weight is 211 g/mol. The Morgan fingerprint density at radius 3 is 2.40 bits per heavy atom. The Balaban J connectivity index is 1.95. The van der Waals surface area contributed by atoms with E-state index in [2.05, 4.69) is 26.1 Å². The van der Waals surface area contributed by atoms with Gasteiger partial charge in [0, 0.05) is 0 Å². The average Bonchev–Trinajstić information content (AvgIpc) is 2.64. The van der Waals surface area contributed by atoms with E-state index in [1.807, 2.05) is 0 Å². The molecular formula is C14H29N. The SMILES string of the molecule is CC(C)CNCCC(C)CC1CCCC1. The Hall–Kier alpha value is -0.0400. The zero-order chi connectivity index (χ0) is 11.1. The second-order valence-electron chi connectivity index (χ2n) is 5.88. The lowest BCUT2D eigenvalue weighted by molar-refractivity contribution is 0.370. The van der Waals surface area contributed by atoms with Crippen LogP contribution in [0.2, 0.25) is 0 Å². The van der Waals surface area contributed by atoms with Gasteiger partial charge >= 0.3 is 0 Å². The number of nitrogens with one attached hydrogen (secondary N) is 1. The van der Waals surface area contributed by atoms with Gasteiger partial charge < -0.3 is 5.32 Å². The van der Waals surface area contributed by atoms with Gasteiger partial charge in [-0.3, -0.25) is 0 Å². The molecule has 0 radical (unpaired) electrons. The van der Waals surface area contributed by atoms with Crippen molar-refractivity contribution in [3.8, 4) is 0 Å². The van der Waals surface area contributed by atoms with Crippen LogP contribution < -0.4 is 5.32 Å². The first kappa shape index (κ1) is 13.0. The van der Waals surface area contributed by atoms with E-state index in [0.29, 0.717) is 0 Å². The fraction of sp³-hybridized carbons (Fsp3) is 1.00. The van der Waals surface area contributed by atoms with Crippen LogP contribution >= 0.6 is 0 Å². The molecule has 1 heteroatoms. The first-order chi connectivity index (χ1) is 7.18. The van der Waals surface area contributed by atoms with E-state index < -0.39 is 0 Å². The molecule has 1 atom stereocenters. The molecule has 1 unspecified atom stereocenters. The Kier molecular flexibility index (Phi) is 6.31. The summed E-state index contributed by atoms with van der Waals surface area (Å²) in [5, 5.41) is 3.54. The maximum atomic E-state index is 3.54. The topological polar surface area (TPSA) is 12.0 Å². The zero-order valence-electron chi connectivity index (χ0n) is 10.9. The van der Waals surface area contributed by atoms with Crippen molar-refractivity contribution in [1.82, 2.24) is 5.32 Å². The molecule has 0 aliphatic heterocycles. The molecule has 0 aromatic carbocycles. The van der Waals surface area contributed by atoms with E-state index in [0.717, 1.165) is 17.8 Å². The summed E-state index contributed by atoms with van der Waals surface area (Å²) in [5.41, 5.74) is 0. The molecule has 1 rings (SSSR count). The third-order valence-corrected chi connectivity index (χ3v) is 3.58. The van der Waals surface area contributed by atoms with Crippen molar-refractivity contribution in [2.75, 3.05) is 13.1 Å². The normalized spacial score (nSPS) is 20.0. The van der Waals surface area contributed by atoms with Crippen LogP contribution in [0.4, 0.5) is 0 Å². The molecule has 90 valence electrons. The molecule has 1 aliphatic rings. The Morgan fingerprint density at radius 2 is 1.80 bits per heavy atom. The Morgan fingerprint density at radius 1 is 1.13 bits per heavy atom. The van der Waals surface area contributed by atoms with Crippen molar-refractivity contribution in [2.24, 2.45) is 17.8 Å². The van der Waals surface area contributed by atoms with Crippen LogP contribution in [0.15, 0.2) is 0 Å². The highest BCUT2D eigenvalue weighted by Gasteiger charge is 2.17. The molecule has 0 bridgehead atoms. The van der Waals surface area contributed by atoms with Crippen LogP contribution in [0.25, 0.3) is 0 Å². The van der Waals surface area contributed by atoms with E-state index in [4.69, 9.17) is 0 Å². The van der Waals surface area contributed by atoms with Crippen LogP contribution in [0.1, 0.15) is 59.3 Å². The second kappa shape index (κ2) is 7.27. The third-order valence-electron chi connectivity index (χ3n) is 3.58. The van der Waals surface area contributed by atoms with Crippen molar-refractivity contribution >= 4 is 0 Å². The van der Waals surface area contributed by atoms with Crippen LogP contribution in [0.5, 0.6) is 0 Å². The molecule has 1 nitrogen and oxygen atoms in total. The molecule has 1 fully saturated rings. The molecule has 0 heterocycles. The predicted octanol–water partition coefficient (Wildman–Crippen LogP) is 3.84. The first-order valence-electron chi connectivity index (χ1n) is 6.89. The smallest absolute Gasteiger partial charge is 0.00258 e. The fourth-order valence-electron chi connectivity index (χ4n) is 2.67. The minimum Gasteiger partial charge on any atom is -0.316 e. The van der Waals surface area contributed by atoms with E-state index in [9.17, 15) is 0 Å². The van der Waals surface area contributed by atoms with Crippen molar-refractivity contribution in [1.29, 1.82) is 0 Å². The molecule has 1 N–H and O–H groups in total. The minimum absolute atomic E-state index is 0.787. The molecule has 0 aromatic rings. The lowest BCUT2D eigenvalue weighted by Crippen LogP contribution is -2.22. The van der Waals surface area contributed by atoms with Gasteiger partial charge in [0.2, 0.25) is 0 Å². The third kappa shape index (κ3) is 6.19. The van der Waals surface area contributed by atoms with Crippen LogP contribution in [0.3, 0.4) is 0 Å². The highest BCUT2D eigenvalue weighted by molar-refractivity contribution is 4.70. The summed E-state index contributed by atoms with van der Waals surface area (Å²) in [4.78, 5) is 0. The van der Waals surface area contributed by atoms with Gasteiger partial charge in [-0.05, 0) is 43.7 Å². The molecule has 0 spiro atoms. The molecule has 0 saturated heterocycles. The van der Waals surface area contributed by atoms with Gasteiger partial charge in [0.1, 0.15) is 0 Å². The summed E-state index contributed by atoms with van der Waals surface area (Å²) in [6.45, 7) is 9.36. The van der Waals surface area contributed by atoms with E-state index in [1.165, 1.54) is 51.6 Å².